The maximum absolute atomic E-state index is 12.6. The molecule has 0 bridgehead atoms. The highest BCUT2D eigenvalue weighted by molar-refractivity contribution is 9.10. The first kappa shape index (κ1) is 19.5. The first-order valence-corrected chi connectivity index (χ1v) is 8.92. The summed E-state index contributed by atoms with van der Waals surface area (Å²) in [6.45, 7) is 1.13. The van der Waals surface area contributed by atoms with Crippen molar-refractivity contribution in [1.29, 1.82) is 0 Å². The lowest BCUT2D eigenvalue weighted by Crippen LogP contribution is -2.28. The van der Waals surface area contributed by atoms with Crippen LogP contribution in [0.1, 0.15) is 6.92 Å². The average Bonchev–Trinajstić information content (AvgIpc) is 2.91. The molecule has 2 amide bonds. The molecule has 11 heteroatoms. The predicted molar refractivity (Wildman–Crippen MR) is 106 cm³/mol. The van der Waals surface area contributed by atoms with Gasteiger partial charge in [-0.1, -0.05) is 0 Å². The van der Waals surface area contributed by atoms with E-state index in [1.54, 1.807) is 25.2 Å². The van der Waals surface area contributed by atoms with Gasteiger partial charge >= 0.3 is 0 Å². The maximum Gasteiger partial charge on any atom is 0.266 e. The van der Waals surface area contributed by atoms with Gasteiger partial charge in [0.1, 0.15) is 28.6 Å². The van der Waals surface area contributed by atoms with Crippen molar-refractivity contribution in [3.8, 4) is 5.75 Å². The van der Waals surface area contributed by atoms with Gasteiger partial charge in [0.05, 0.1) is 12.8 Å². The van der Waals surface area contributed by atoms with Gasteiger partial charge in [-0.25, -0.2) is 9.67 Å². The van der Waals surface area contributed by atoms with E-state index in [1.807, 2.05) is 0 Å². The third-order valence-corrected chi connectivity index (χ3v) is 4.43. The van der Waals surface area contributed by atoms with Crippen LogP contribution in [0.4, 0.5) is 11.4 Å². The largest absolute Gasteiger partial charge is 0.495 e. The standard InChI is InChI=1S/C17H17BrN6O4/c1-9(25)20-10-4-5-12(28-3)11(6-10)21-13(26)7-24-8-19-16-14(17(24)27)15(18)22-23(16)2/h4-6,8H,7H2,1-3H3,(H,20,25)(H,21,26). The fraction of sp³-hybridized carbons (Fsp3) is 0.235. The zero-order valence-electron chi connectivity index (χ0n) is 15.3. The number of methoxy groups -OCH3 is 1. The average molecular weight is 449 g/mol. The highest BCUT2D eigenvalue weighted by atomic mass is 79.9. The van der Waals surface area contributed by atoms with Gasteiger partial charge in [0.25, 0.3) is 5.56 Å². The minimum absolute atomic E-state index is 0.240. The van der Waals surface area contributed by atoms with Crippen LogP contribution in [-0.2, 0) is 23.2 Å². The lowest BCUT2D eigenvalue weighted by Gasteiger charge is -2.13. The Balaban J connectivity index is 1.85. The van der Waals surface area contributed by atoms with Gasteiger partial charge in [-0.15, -0.1) is 0 Å². The van der Waals surface area contributed by atoms with Gasteiger partial charge in [0.2, 0.25) is 11.8 Å². The number of amides is 2. The van der Waals surface area contributed by atoms with Crippen molar-refractivity contribution < 1.29 is 14.3 Å². The molecule has 0 saturated heterocycles. The van der Waals surface area contributed by atoms with E-state index >= 15 is 0 Å². The summed E-state index contributed by atoms with van der Waals surface area (Å²) in [6.07, 6.45) is 1.29. The molecule has 2 heterocycles. The molecule has 28 heavy (non-hydrogen) atoms. The van der Waals surface area contributed by atoms with Crippen molar-refractivity contribution in [3.05, 3.63) is 39.5 Å². The first-order valence-electron chi connectivity index (χ1n) is 8.13. The number of nitrogens with zero attached hydrogens (tertiary/aromatic N) is 4. The SMILES string of the molecule is COc1ccc(NC(C)=O)cc1NC(=O)Cn1cnc2c(c(Br)nn2C)c1=O. The molecule has 0 unspecified atom stereocenters. The van der Waals surface area contributed by atoms with Crippen molar-refractivity contribution in [2.75, 3.05) is 17.7 Å². The third kappa shape index (κ3) is 3.88. The number of benzene rings is 1. The molecule has 3 rings (SSSR count). The molecule has 0 spiro atoms. The number of halogens is 1. The van der Waals surface area contributed by atoms with Crippen LogP contribution in [0, 0.1) is 0 Å². The van der Waals surface area contributed by atoms with Gasteiger partial charge < -0.3 is 15.4 Å². The molecular weight excluding hydrogens is 432 g/mol. The minimum atomic E-state index is -0.457. The van der Waals surface area contributed by atoms with Gasteiger partial charge in [-0.3, -0.25) is 19.0 Å². The number of rotatable bonds is 5. The number of hydrogen-bond acceptors (Lipinski definition) is 6. The number of ether oxygens (including phenoxy) is 1. The van der Waals surface area contributed by atoms with Crippen LogP contribution in [0.15, 0.2) is 33.9 Å². The predicted octanol–water partition coefficient (Wildman–Crippen LogP) is 1.50. The summed E-state index contributed by atoms with van der Waals surface area (Å²) in [5.41, 5.74) is 0.892. The molecule has 2 N–H and O–H groups in total. The second kappa shape index (κ2) is 7.80. The number of fused-ring (bicyclic) bond motifs is 1. The van der Waals surface area contributed by atoms with Gasteiger partial charge in [0, 0.05) is 19.7 Å². The van der Waals surface area contributed by atoms with Gasteiger partial charge in [0.15, 0.2) is 5.65 Å². The molecular formula is C17H17BrN6O4. The van der Waals surface area contributed by atoms with Crippen molar-refractivity contribution in [1.82, 2.24) is 19.3 Å². The maximum atomic E-state index is 12.6. The number of aryl methyl sites for hydroxylation is 1. The minimum Gasteiger partial charge on any atom is -0.495 e. The van der Waals surface area contributed by atoms with Crippen LogP contribution in [-0.4, -0.2) is 38.3 Å². The van der Waals surface area contributed by atoms with Crippen molar-refractivity contribution in [2.45, 2.75) is 13.5 Å². The number of carbonyl (C=O) groups excluding carboxylic acids is 2. The van der Waals surface area contributed by atoms with Crippen LogP contribution in [0.25, 0.3) is 11.0 Å². The molecule has 0 aliphatic carbocycles. The number of carbonyl (C=O) groups is 2. The van der Waals surface area contributed by atoms with Crippen LogP contribution in [0.3, 0.4) is 0 Å². The molecule has 2 aromatic heterocycles. The van der Waals surface area contributed by atoms with E-state index in [2.05, 4.69) is 36.6 Å². The molecule has 0 fully saturated rings. The quantitative estimate of drug-likeness (QED) is 0.609. The summed E-state index contributed by atoms with van der Waals surface area (Å²) < 4.78 is 8.26. The van der Waals surface area contributed by atoms with E-state index in [-0.39, 0.29) is 18.0 Å². The molecule has 1 aromatic carbocycles. The first-order chi connectivity index (χ1) is 13.3. The van der Waals surface area contributed by atoms with Crippen molar-refractivity contribution in [2.24, 2.45) is 7.05 Å². The second-order valence-electron chi connectivity index (χ2n) is 5.94. The second-order valence-corrected chi connectivity index (χ2v) is 6.69. The van der Waals surface area contributed by atoms with E-state index in [0.29, 0.717) is 32.8 Å². The number of anilines is 2. The summed E-state index contributed by atoms with van der Waals surface area (Å²) in [4.78, 5) is 40.5. The van der Waals surface area contributed by atoms with Crippen LogP contribution in [0.5, 0.6) is 5.75 Å². The van der Waals surface area contributed by atoms with E-state index in [4.69, 9.17) is 4.74 Å². The normalized spacial score (nSPS) is 10.7. The fourth-order valence-electron chi connectivity index (χ4n) is 2.68. The summed E-state index contributed by atoms with van der Waals surface area (Å²) >= 11 is 3.23. The topological polar surface area (TPSA) is 120 Å². The lowest BCUT2D eigenvalue weighted by molar-refractivity contribution is -0.117. The summed E-state index contributed by atoms with van der Waals surface area (Å²) in [5.74, 6) is -0.282. The van der Waals surface area contributed by atoms with E-state index in [9.17, 15) is 14.4 Å². The molecule has 3 aromatic rings. The van der Waals surface area contributed by atoms with Crippen LogP contribution >= 0.6 is 15.9 Å². The van der Waals surface area contributed by atoms with Gasteiger partial charge in [-0.2, -0.15) is 5.10 Å². The lowest BCUT2D eigenvalue weighted by atomic mass is 10.2. The number of aromatic nitrogens is 4. The van der Waals surface area contributed by atoms with E-state index in [1.165, 1.54) is 29.6 Å². The molecule has 0 atom stereocenters. The monoisotopic (exact) mass is 448 g/mol. The Morgan fingerprint density at radius 3 is 2.71 bits per heavy atom. The Morgan fingerprint density at radius 1 is 1.29 bits per heavy atom. The molecule has 0 aliphatic rings. The smallest absolute Gasteiger partial charge is 0.266 e. The van der Waals surface area contributed by atoms with Crippen molar-refractivity contribution in [3.63, 3.8) is 0 Å². The van der Waals surface area contributed by atoms with Gasteiger partial charge in [-0.05, 0) is 34.1 Å². The Bertz CT molecular complexity index is 1140. The molecule has 0 saturated carbocycles. The zero-order valence-corrected chi connectivity index (χ0v) is 16.9. The zero-order chi connectivity index (χ0) is 20.4. The molecule has 0 radical (unpaired) electrons. The summed E-state index contributed by atoms with van der Waals surface area (Å²) in [6, 6.07) is 4.84. The highest BCUT2D eigenvalue weighted by Gasteiger charge is 2.16. The van der Waals surface area contributed by atoms with Crippen LogP contribution in [0.2, 0.25) is 0 Å². The number of hydrogen-bond donors (Lipinski definition) is 2. The highest BCUT2D eigenvalue weighted by Crippen LogP contribution is 2.28. The fourth-order valence-corrected chi connectivity index (χ4v) is 3.26. The van der Waals surface area contributed by atoms with E-state index < -0.39 is 5.91 Å². The Labute approximate surface area is 167 Å². The molecule has 0 aliphatic heterocycles. The molecule has 146 valence electrons. The molecule has 10 nitrogen and oxygen atoms in total. The Kier molecular flexibility index (Phi) is 5.45. The van der Waals surface area contributed by atoms with Crippen LogP contribution < -0.4 is 20.9 Å². The summed E-state index contributed by atoms with van der Waals surface area (Å²) in [7, 11) is 3.14. The van der Waals surface area contributed by atoms with Crippen molar-refractivity contribution >= 4 is 50.2 Å². The summed E-state index contributed by atoms with van der Waals surface area (Å²) in [5, 5.41) is 9.71. The Morgan fingerprint density at radius 2 is 2.04 bits per heavy atom. The van der Waals surface area contributed by atoms with E-state index in [0.717, 1.165) is 0 Å². The number of nitrogens with one attached hydrogen (secondary N) is 2. The Hall–Kier alpha value is -3.21. The third-order valence-electron chi connectivity index (χ3n) is 3.88.